The van der Waals surface area contributed by atoms with Gasteiger partial charge in [-0.15, -0.1) is 0 Å². The minimum atomic E-state index is -0.0823. The Morgan fingerprint density at radius 1 is 1.30 bits per heavy atom. The molecule has 0 aliphatic carbocycles. The van der Waals surface area contributed by atoms with E-state index in [0.29, 0.717) is 19.7 Å². The average molecular weight is 319 g/mol. The van der Waals surface area contributed by atoms with Crippen molar-refractivity contribution in [1.29, 1.82) is 0 Å². The van der Waals surface area contributed by atoms with E-state index in [-0.39, 0.29) is 24.8 Å². The number of amides is 2. The third kappa shape index (κ3) is 5.56. The third-order valence-corrected chi connectivity index (χ3v) is 3.84. The van der Waals surface area contributed by atoms with Gasteiger partial charge in [0, 0.05) is 33.2 Å². The topological polar surface area (TPSA) is 61.9 Å². The predicted octanol–water partition coefficient (Wildman–Crippen LogP) is 0.654. The second kappa shape index (κ2) is 8.53. The molecular formula is C17H25N3O3. The smallest absolute Gasteiger partial charge is 0.242 e. The molecule has 2 amide bonds. The molecule has 0 aromatic heterocycles. The summed E-state index contributed by atoms with van der Waals surface area (Å²) in [4.78, 5) is 27.5. The van der Waals surface area contributed by atoms with Gasteiger partial charge in [-0.1, -0.05) is 12.1 Å². The van der Waals surface area contributed by atoms with Crippen LogP contribution in [0.2, 0.25) is 0 Å². The van der Waals surface area contributed by atoms with Crippen molar-refractivity contribution in [2.75, 3.05) is 46.4 Å². The number of piperazine rings is 1. The highest BCUT2D eigenvalue weighted by atomic mass is 16.5. The van der Waals surface area contributed by atoms with E-state index in [1.54, 1.807) is 11.9 Å². The van der Waals surface area contributed by atoms with Crippen LogP contribution < -0.4 is 10.1 Å². The van der Waals surface area contributed by atoms with Gasteiger partial charge in [-0.05, 0) is 24.6 Å². The fourth-order valence-corrected chi connectivity index (χ4v) is 2.46. The molecule has 1 saturated heterocycles. The Morgan fingerprint density at radius 3 is 2.74 bits per heavy atom. The van der Waals surface area contributed by atoms with Gasteiger partial charge in [0.25, 0.3) is 0 Å². The lowest BCUT2D eigenvalue weighted by Crippen LogP contribution is -2.49. The zero-order chi connectivity index (χ0) is 16.7. The number of carbonyl (C=O) groups is 2. The lowest BCUT2D eigenvalue weighted by Gasteiger charge is -2.29. The molecule has 1 heterocycles. The Balaban J connectivity index is 1.71. The monoisotopic (exact) mass is 319 g/mol. The van der Waals surface area contributed by atoms with Crippen LogP contribution in [0.1, 0.15) is 12.0 Å². The maximum absolute atomic E-state index is 12.1. The Morgan fingerprint density at radius 2 is 2.04 bits per heavy atom. The predicted molar refractivity (Wildman–Crippen MR) is 88.4 cm³/mol. The van der Waals surface area contributed by atoms with Gasteiger partial charge in [-0.3, -0.25) is 9.59 Å². The summed E-state index contributed by atoms with van der Waals surface area (Å²) >= 11 is 0. The summed E-state index contributed by atoms with van der Waals surface area (Å²) in [6.07, 6.45) is 0.263. The molecule has 126 valence electrons. The first-order valence-corrected chi connectivity index (χ1v) is 7.98. The summed E-state index contributed by atoms with van der Waals surface area (Å²) in [5, 5.41) is 3.20. The summed E-state index contributed by atoms with van der Waals surface area (Å²) < 4.78 is 5.58. The summed E-state index contributed by atoms with van der Waals surface area (Å²) in [5.74, 6) is 0.681. The zero-order valence-electron chi connectivity index (χ0n) is 13.9. The summed E-state index contributed by atoms with van der Waals surface area (Å²) in [6.45, 7) is 5.47. The number of likely N-dealkylation sites (N-methyl/N-ethyl adjacent to an activating group) is 1. The molecule has 1 N–H and O–H groups in total. The van der Waals surface area contributed by atoms with Crippen LogP contribution in [0.25, 0.3) is 0 Å². The molecule has 0 unspecified atom stereocenters. The molecule has 1 aromatic carbocycles. The van der Waals surface area contributed by atoms with E-state index >= 15 is 0 Å². The SMILES string of the molecule is Cc1cccc(OCCC(=O)N(C)CC(=O)N2CCNCC2)c1. The van der Waals surface area contributed by atoms with E-state index in [4.69, 9.17) is 4.74 Å². The van der Waals surface area contributed by atoms with Gasteiger partial charge in [0.15, 0.2) is 0 Å². The third-order valence-electron chi connectivity index (χ3n) is 3.84. The summed E-state index contributed by atoms with van der Waals surface area (Å²) in [7, 11) is 1.66. The number of aryl methyl sites for hydroxylation is 1. The molecular weight excluding hydrogens is 294 g/mol. The molecule has 2 rings (SSSR count). The standard InChI is InChI=1S/C17H25N3O3/c1-14-4-3-5-15(12-14)23-11-6-16(21)19(2)13-17(22)20-9-7-18-8-10-20/h3-5,12,18H,6-11,13H2,1-2H3. The fraction of sp³-hybridized carbons (Fsp3) is 0.529. The minimum Gasteiger partial charge on any atom is -0.493 e. The van der Waals surface area contributed by atoms with Crippen LogP contribution in [-0.4, -0.2) is 68.0 Å². The molecule has 0 saturated carbocycles. The Bertz CT molecular complexity index is 542. The highest BCUT2D eigenvalue weighted by Gasteiger charge is 2.19. The minimum absolute atomic E-state index is 0.00181. The van der Waals surface area contributed by atoms with Gasteiger partial charge >= 0.3 is 0 Å². The van der Waals surface area contributed by atoms with Gasteiger partial charge in [0.2, 0.25) is 11.8 Å². The second-order valence-electron chi connectivity index (χ2n) is 5.80. The number of hydrogen-bond donors (Lipinski definition) is 1. The first-order chi connectivity index (χ1) is 11.1. The van der Waals surface area contributed by atoms with Crippen molar-refractivity contribution < 1.29 is 14.3 Å². The Hall–Kier alpha value is -2.08. The fourth-order valence-electron chi connectivity index (χ4n) is 2.46. The molecule has 1 aliphatic heterocycles. The first kappa shape index (κ1) is 17.3. The van der Waals surface area contributed by atoms with Crippen molar-refractivity contribution in [1.82, 2.24) is 15.1 Å². The van der Waals surface area contributed by atoms with Crippen molar-refractivity contribution in [3.8, 4) is 5.75 Å². The van der Waals surface area contributed by atoms with E-state index in [1.165, 1.54) is 4.90 Å². The van der Waals surface area contributed by atoms with Gasteiger partial charge in [0.1, 0.15) is 5.75 Å². The van der Waals surface area contributed by atoms with E-state index < -0.39 is 0 Å². The maximum atomic E-state index is 12.1. The van der Waals surface area contributed by atoms with Crippen molar-refractivity contribution in [2.24, 2.45) is 0 Å². The Labute approximate surface area is 137 Å². The highest BCUT2D eigenvalue weighted by Crippen LogP contribution is 2.12. The maximum Gasteiger partial charge on any atom is 0.242 e. The largest absolute Gasteiger partial charge is 0.493 e. The van der Waals surface area contributed by atoms with Crippen LogP contribution >= 0.6 is 0 Å². The normalized spacial score (nSPS) is 14.4. The lowest BCUT2D eigenvalue weighted by molar-refractivity contribution is -0.140. The van der Waals surface area contributed by atoms with Crippen LogP contribution in [-0.2, 0) is 9.59 Å². The molecule has 23 heavy (non-hydrogen) atoms. The van der Waals surface area contributed by atoms with Crippen LogP contribution in [0.3, 0.4) is 0 Å². The van der Waals surface area contributed by atoms with Crippen molar-refractivity contribution in [3.05, 3.63) is 29.8 Å². The number of carbonyl (C=O) groups excluding carboxylic acids is 2. The molecule has 0 bridgehead atoms. The van der Waals surface area contributed by atoms with Crippen LogP contribution in [0, 0.1) is 6.92 Å². The second-order valence-corrected chi connectivity index (χ2v) is 5.80. The van der Waals surface area contributed by atoms with E-state index in [2.05, 4.69) is 5.32 Å². The van der Waals surface area contributed by atoms with Crippen LogP contribution in [0.15, 0.2) is 24.3 Å². The van der Waals surface area contributed by atoms with Crippen LogP contribution in [0.5, 0.6) is 5.75 Å². The molecule has 6 heteroatoms. The van der Waals surface area contributed by atoms with Gasteiger partial charge in [0.05, 0.1) is 19.6 Å². The molecule has 6 nitrogen and oxygen atoms in total. The summed E-state index contributed by atoms with van der Waals surface area (Å²) in [5.41, 5.74) is 1.12. The lowest BCUT2D eigenvalue weighted by atomic mass is 10.2. The first-order valence-electron chi connectivity index (χ1n) is 7.98. The highest BCUT2D eigenvalue weighted by molar-refractivity contribution is 5.84. The average Bonchev–Trinajstić information content (AvgIpc) is 2.55. The van der Waals surface area contributed by atoms with Crippen molar-refractivity contribution in [3.63, 3.8) is 0 Å². The number of ether oxygens (including phenoxy) is 1. The number of rotatable bonds is 6. The van der Waals surface area contributed by atoms with E-state index in [9.17, 15) is 9.59 Å². The van der Waals surface area contributed by atoms with Crippen molar-refractivity contribution in [2.45, 2.75) is 13.3 Å². The van der Waals surface area contributed by atoms with Gasteiger partial charge in [-0.25, -0.2) is 0 Å². The van der Waals surface area contributed by atoms with E-state index in [0.717, 1.165) is 24.4 Å². The number of nitrogens with zero attached hydrogens (tertiary/aromatic N) is 2. The molecule has 0 radical (unpaired) electrons. The van der Waals surface area contributed by atoms with Crippen molar-refractivity contribution >= 4 is 11.8 Å². The molecule has 1 aliphatic rings. The zero-order valence-corrected chi connectivity index (χ0v) is 13.9. The van der Waals surface area contributed by atoms with Crippen LogP contribution in [0.4, 0.5) is 0 Å². The van der Waals surface area contributed by atoms with Gasteiger partial charge in [-0.2, -0.15) is 0 Å². The van der Waals surface area contributed by atoms with E-state index in [1.807, 2.05) is 31.2 Å². The molecule has 0 atom stereocenters. The number of hydrogen-bond acceptors (Lipinski definition) is 4. The Kier molecular flexibility index (Phi) is 6.40. The molecule has 1 fully saturated rings. The molecule has 1 aromatic rings. The number of nitrogens with one attached hydrogen (secondary N) is 1. The quantitative estimate of drug-likeness (QED) is 0.836. The van der Waals surface area contributed by atoms with Gasteiger partial charge < -0.3 is 19.9 Å². The number of benzene rings is 1. The summed E-state index contributed by atoms with van der Waals surface area (Å²) in [6, 6.07) is 7.72. The molecule has 0 spiro atoms.